The molecule has 2 heterocycles. The molecule has 31 heavy (non-hydrogen) atoms. The van der Waals surface area contributed by atoms with Gasteiger partial charge >= 0.3 is 6.18 Å². The molecule has 9 heteroatoms. The van der Waals surface area contributed by atoms with Crippen LogP contribution in [-0.2, 0) is 11.3 Å². The van der Waals surface area contributed by atoms with Crippen molar-refractivity contribution in [3.05, 3.63) is 59.2 Å². The fourth-order valence-corrected chi connectivity index (χ4v) is 4.44. The number of likely N-dealkylation sites (N-methyl/N-ethyl adjacent to an activating group) is 1. The van der Waals surface area contributed by atoms with Gasteiger partial charge in [-0.25, -0.2) is 0 Å². The third kappa shape index (κ3) is 5.06. The van der Waals surface area contributed by atoms with Crippen LogP contribution in [0.15, 0.2) is 42.5 Å². The Morgan fingerprint density at radius 3 is 2.48 bits per heavy atom. The molecule has 2 aromatic carbocycles. The summed E-state index contributed by atoms with van der Waals surface area (Å²) in [4.78, 5) is 2.05. The van der Waals surface area contributed by atoms with Crippen LogP contribution in [0.3, 0.4) is 0 Å². The Kier molecular flexibility index (Phi) is 8.50. The highest BCUT2D eigenvalue weighted by molar-refractivity contribution is 5.85. The Hall–Kier alpha value is -1.67. The van der Waals surface area contributed by atoms with Crippen LogP contribution < -0.4 is 15.0 Å². The topological polar surface area (TPSA) is 33.7 Å². The molecule has 1 fully saturated rings. The summed E-state index contributed by atoms with van der Waals surface area (Å²) < 4.78 is 50.8. The molecule has 0 aliphatic carbocycles. The van der Waals surface area contributed by atoms with Gasteiger partial charge in [0, 0.05) is 13.1 Å². The van der Waals surface area contributed by atoms with E-state index in [0.717, 1.165) is 19.4 Å². The van der Waals surface area contributed by atoms with Crippen molar-refractivity contribution in [2.45, 2.75) is 43.8 Å². The second kappa shape index (κ2) is 10.3. The Labute approximate surface area is 192 Å². The monoisotopic (exact) mass is 478 g/mol. The number of nitrogens with one attached hydrogen (secondary N) is 1. The first kappa shape index (κ1) is 25.6. The number of methoxy groups -OCH3 is 1. The lowest BCUT2D eigenvalue weighted by atomic mass is 9.90. The largest absolute Gasteiger partial charge is 0.495 e. The Balaban J connectivity index is 0.00000171. The predicted molar refractivity (Wildman–Crippen MR) is 120 cm³/mol. The fraction of sp³-hybridized carbons (Fsp3) is 0.455. The standard InChI is InChI=1S/C22H25F3N2O2.2ClH/c1-27(17-9-6-10-26-20(17)14-7-4-3-5-8-14)18-12-16-15(11-19(18)28-2)13-29-21(16)22(23,24)25;;/h3-5,7-8,11-12,17,20-21,26H,6,9-10,13H2,1-2H3;2*1H/t17-,20-,21?;;/m0../s1. The van der Waals surface area contributed by atoms with Gasteiger partial charge in [0.05, 0.1) is 25.4 Å². The molecule has 3 atom stereocenters. The summed E-state index contributed by atoms with van der Waals surface area (Å²) >= 11 is 0. The summed E-state index contributed by atoms with van der Waals surface area (Å²) in [7, 11) is 3.47. The normalized spacial score (nSPS) is 22.7. The molecule has 0 radical (unpaired) electrons. The highest BCUT2D eigenvalue weighted by Gasteiger charge is 2.46. The maximum absolute atomic E-state index is 13.4. The lowest BCUT2D eigenvalue weighted by molar-refractivity contribution is -0.219. The molecule has 1 unspecified atom stereocenters. The van der Waals surface area contributed by atoms with Crippen molar-refractivity contribution in [3.8, 4) is 5.75 Å². The summed E-state index contributed by atoms with van der Waals surface area (Å²) in [5, 5.41) is 3.57. The Morgan fingerprint density at radius 2 is 1.84 bits per heavy atom. The first-order chi connectivity index (χ1) is 13.9. The van der Waals surface area contributed by atoms with Crippen molar-refractivity contribution >= 4 is 30.5 Å². The lowest BCUT2D eigenvalue weighted by Crippen LogP contribution is -2.47. The predicted octanol–water partition coefficient (Wildman–Crippen LogP) is 5.60. The average Bonchev–Trinajstić information content (AvgIpc) is 3.16. The number of ether oxygens (including phenoxy) is 2. The first-order valence-corrected chi connectivity index (χ1v) is 9.80. The van der Waals surface area contributed by atoms with Gasteiger partial charge in [0.2, 0.25) is 0 Å². The molecule has 2 aliphatic heterocycles. The van der Waals surface area contributed by atoms with Crippen molar-refractivity contribution in [3.63, 3.8) is 0 Å². The highest BCUT2D eigenvalue weighted by atomic mass is 35.5. The van der Waals surface area contributed by atoms with E-state index in [9.17, 15) is 13.2 Å². The molecule has 1 N–H and O–H groups in total. The van der Waals surface area contributed by atoms with Gasteiger partial charge in [0.25, 0.3) is 0 Å². The zero-order chi connectivity index (χ0) is 20.6. The van der Waals surface area contributed by atoms with Crippen LogP contribution in [0.1, 0.15) is 41.7 Å². The smallest absolute Gasteiger partial charge is 0.418 e. The van der Waals surface area contributed by atoms with E-state index in [1.807, 2.05) is 25.2 Å². The molecule has 2 aliphatic rings. The second-order valence-electron chi connectivity index (χ2n) is 7.62. The van der Waals surface area contributed by atoms with Crippen LogP contribution in [0.2, 0.25) is 0 Å². The average molecular weight is 479 g/mol. The summed E-state index contributed by atoms with van der Waals surface area (Å²) in [6.07, 6.45) is -4.39. The van der Waals surface area contributed by atoms with Crippen molar-refractivity contribution in [1.82, 2.24) is 5.32 Å². The number of anilines is 1. The van der Waals surface area contributed by atoms with Gasteiger partial charge in [-0.1, -0.05) is 30.3 Å². The molecule has 0 saturated carbocycles. The molecule has 0 aromatic heterocycles. The summed E-state index contributed by atoms with van der Waals surface area (Å²) in [5.74, 6) is 0.565. The number of rotatable bonds is 4. The zero-order valence-electron chi connectivity index (χ0n) is 17.3. The Bertz CT molecular complexity index is 868. The fourth-order valence-electron chi connectivity index (χ4n) is 4.44. The van der Waals surface area contributed by atoms with Crippen molar-refractivity contribution < 1.29 is 22.6 Å². The minimum absolute atomic E-state index is 0. The van der Waals surface area contributed by atoms with Crippen LogP contribution in [0.5, 0.6) is 5.75 Å². The van der Waals surface area contributed by atoms with E-state index in [0.29, 0.717) is 17.0 Å². The molecule has 1 saturated heterocycles. The SMILES string of the molecule is COc1cc2c(cc1N(C)[C@H]1CCCN[C@H]1c1ccccc1)C(C(F)(F)F)OC2.Cl.Cl. The van der Waals surface area contributed by atoms with E-state index in [1.54, 1.807) is 19.2 Å². The van der Waals surface area contributed by atoms with Crippen molar-refractivity contribution in [2.75, 3.05) is 25.6 Å². The quantitative estimate of drug-likeness (QED) is 0.619. The number of halogens is 5. The molecule has 4 nitrogen and oxygen atoms in total. The molecule has 4 rings (SSSR count). The van der Waals surface area contributed by atoms with Crippen LogP contribution in [-0.4, -0.2) is 32.9 Å². The number of nitrogens with zero attached hydrogens (tertiary/aromatic N) is 1. The zero-order valence-corrected chi connectivity index (χ0v) is 18.9. The highest BCUT2D eigenvalue weighted by Crippen LogP contribution is 2.46. The molecular weight excluding hydrogens is 452 g/mol. The molecule has 0 spiro atoms. The van der Waals surface area contributed by atoms with E-state index < -0.39 is 12.3 Å². The van der Waals surface area contributed by atoms with Gasteiger partial charge in [0.15, 0.2) is 6.10 Å². The van der Waals surface area contributed by atoms with E-state index in [2.05, 4.69) is 22.3 Å². The van der Waals surface area contributed by atoms with Gasteiger partial charge < -0.3 is 19.7 Å². The molecule has 172 valence electrons. The second-order valence-corrected chi connectivity index (χ2v) is 7.62. The molecular formula is C22H27Cl2F3N2O2. The summed E-state index contributed by atoms with van der Waals surface area (Å²) in [6, 6.07) is 13.6. The van der Waals surface area contributed by atoms with Gasteiger partial charge in [-0.15, -0.1) is 24.8 Å². The van der Waals surface area contributed by atoms with E-state index >= 15 is 0 Å². The molecule has 2 aromatic rings. The van der Waals surface area contributed by atoms with Crippen LogP contribution in [0.4, 0.5) is 18.9 Å². The van der Waals surface area contributed by atoms with Crippen LogP contribution in [0.25, 0.3) is 0 Å². The molecule has 0 bridgehead atoms. The summed E-state index contributed by atoms with van der Waals surface area (Å²) in [5.41, 5.74) is 2.53. The van der Waals surface area contributed by atoms with Gasteiger partial charge in [-0.2, -0.15) is 13.2 Å². The molecule has 0 amide bonds. The van der Waals surface area contributed by atoms with Gasteiger partial charge in [0.1, 0.15) is 5.75 Å². The maximum Gasteiger partial charge on any atom is 0.418 e. The minimum Gasteiger partial charge on any atom is -0.495 e. The van der Waals surface area contributed by atoms with Gasteiger partial charge in [-0.3, -0.25) is 0 Å². The maximum atomic E-state index is 13.4. The number of hydrogen-bond acceptors (Lipinski definition) is 4. The van der Waals surface area contributed by atoms with Crippen molar-refractivity contribution in [2.24, 2.45) is 0 Å². The van der Waals surface area contributed by atoms with E-state index in [4.69, 9.17) is 9.47 Å². The third-order valence-electron chi connectivity index (χ3n) is 5.89. The Morgan fingerprint density at radius 1 is 1.13 bits per heavy atom. The van der Waals surface area contributed by atoms with E-state index in [-0.39, 0.29) is 49.1 Å². The minimum atomic E-state index is -4.44. The number of fused-ring (bicyclic) bond motifs is 1. The number of alkyl halides is 3. The lowest BCUT2D eigenvalue weighted by Gasteiger charge is -2.40. The van der Waals surface area contributed by atoms with Crippen LogP contribution >= 0.6 is 24.8 Å². The van der Waals surface area contributed by atoms with Crippen molar-refractivity contribution in [1.29, 1.82) is 0 Å². The summed E-state index contributed by atoms with van der Waals surface area (Å²) in [6.45, 7) is 0.854. The number of piperidine rings is 1. The number of benzene rings is 2. The van der Waals surface area contributed by atoms with Crippen LogP contribution in [0, 0.1) is 0 Å². The van der Waals surface area contributed by atoms with Gasteiger partial charge in [-0.05, 0) is 48.2 Å². The first-order valence-electron chi connectivity index (χ1n) is 9.80. The number of hydrogen-bond donors (Lipinski definition) is 1. The third-order valence-corrected chi connectivity index (χ3v) is 5.89. The van der Waals surface area contributed by atoms with E-state index in [1.165, 1.54) is 5.56 Å².